The van der Waals surface area contributed by atoms with E-state index in [1.165, 1.54) is 0 Å². The summed E-state index contributed by atoms with van der Waals surface area (Å²) in [5, 5.41) is 0. The van der Waals surface area contributed by atoms with Gasteiger partial charge in [0.25, 0.3) is 0 Å². The van der Waals surface area contributed by atoms with Crippen LogP contribution < -0.4 is 0 Å². The van der Waals surface area contributed by atoms with Crippen molar-refractivity contribution in [3.63, 3.8) is 0 Å². The van der Waals surface area contributed by atoms with Gasteiger partial charge in [0.2, 0.25) is 5.92 Å². The molecule has 0 nitrogen and oxygen atoms in total. The minimum atomic E-state index is -2.31. The second-order valence-electron chi connectivity index (χ2n) is 2.37. The third kappa shape index (κ3) is 0.898. The second kappa shape index (κ2) is 1.17. The number of hydrogen-bond donors (Lipinski definition) is 0. The van der Waals surface area contributed by atoms with Crippen molar-refractivity contribution in [2.24, 2.45) is 5.92 Å². The van der Waals surface area contributed by atoms with Gasteiger partial charge in [-0.05, 0) is 5.92 Å². The Hall–Kier alpha value is -0.140. The Morgan fingerprint density at radius 1 is 1.43 bits per heavy atom. The van der Waals surface area contributed by atoms with Crippen LogP contribution in [0, 0.1) is 5.92 Å². The summed E-state index contributed by atoms with van der Waals surface area (Å²) in [7, 11) is 0. The average Bonchev–Trinajstić information content (AvgIpc) is 1.27. The number of alkyl halides is 2. The Kier molecular flexibility index (Phi) is 0.839. The van der Waals surface area contributed by atoms with Gasteiger partial charge in [-0.2, -0.15) is 0 Å². The monoisotopic (exact) mass is 106 g/mol. The molecule has 0 aromatic rings. The van der Waals surface area contributed by atoms with Gasteiger partial charge >= 0.3 is 0 Å². The van der Waals surface area contributed by atoms with Crippen molar-refractivity contribution in [3.05, 3.63) is 0 Å². The lowest BCUT2D eigenvalue weighted by atomic mass is 9.83. The van der Waals surface area contributed by atoms with Crippen LogP contribution in [0.15, 0.2) is 0 Å². The highest BCUT2D eigenvalue weighted by molar-refractivity contribution is 4.82. The topological polar surface area (TPSA) is 0 Å². The molecule has 0 saturated heterocycles. The predicted octanol–water partition coefficient (Wildman–Crippen LogP) is 2.05. The van der Waals surface area contributed by atoms with E-state index >= 15 is 0 Å². The van der Waals surface area contributed by atoms with E-state index in [0.717, 1.165) is 0 Å². The molecule has 0 radical (unpaired) electrons. The predicted molar refractivity (Wildman–Crippen MR) is 23.3 cm³/mol. The number of halogens is 2. The van der Waals surface area contributed by atoms with Crippen molar-refractivity contribution in [3.8, 4) is 0 Å². The molecule has 7 heavy (non-hydrogen) atoms. The zero-order valence-electron chi connectivity index (χ0n) is 4.25. The second-order valence-corrected chi connectivity index (χ2v) is 2.37. The smallest absolute Gasteiger partial charge is 0.207 e. The molecule has 42 valence electrons. The van der Waals surface area contributed by atoms with Crippen LogP contribution in [0.2, 0.25) is 0 Å². The normalized spacial score (nSPS) is 29.6. The van der Waals surface area contributed by atoms with Crippen LogP contribution in [0.5, 0.6) is 0 Å². The maximum Gasteiger partial charge on any atom is 0.248 e. The molecular formula is C5H8F2. The van der Waals surface area contributed by atoms with Crippen LogP contribution in [0.25, 0.3) is 0 Å². The van der Waals surface area contributed by atoms with Gasteiger partial charge in [-0.25, -0.2) is 8.78 Å². The van der Waals surface area contributed by atoms with Crippen molar-refractivity contribution in [1.29, 1.82) is 0 Å². The van der Waals surface area contributed by atoms with E-state index in [-0.39, 0.29) is 18.8 Å². The molecule has 0 heterocycles. The Bertz CT molecular complexity index is 70.1. The fourth-order valence-electron chi connectivity index (χ4n) is 0.960. The van der Waals surface area contributed by atoms with Crippen LogP contribution in [0.1, 0.15) is 19.8 Å². The van der Waals surface area contributed by atoms with Crippen molar-refractivity contribution in [2.45, 2.75) is 25.7 Å². The largest absolute Gasteiger partial charge is 0.248 e. The minimum absolute atomic E-state index is 0.104. The van der Waals surface area contributed by atoms with Crippen LogP contribution >= 0.6 is 0 Å². The maximum absolute atomic E-state index is 11.8. The van der Waals surface area contributed by atoms with Gasteiger partial charge < -0.3 is 0 Å². The third-order valence-corrected chi connectivity index (χ3v) is 1.29. The first kappa shape index (κ1) is 5.01. The maximum atomic E-state index is 11.8. The lowest BCUT2D eigenvalue weighted by molar-refractivity contribution is -0.104. The van der Waals surface area contributed by atoms with Crippen LogP contribution in [-0.4, -0.2) is 5.92 Å². The summed E-state index contributed by atoms with van der Waals surface area (Å²) in [5.74, 6) is -2.05. The summed E-state index contributed by atoms with van der Waals surface area (Å²) < 4.78 is 23.6. The SMILES string of the molecule is CC1CC(F)(F)C1. The summed E-state index contributed by atoms with van der Waals surface area (Å²) in [6.45, 7) is 1.84. The molecule has 1 fully saturated rings. The van der Waals surface area contributed by atoms with Crippen LogP contribution in [0.3, 0.4) is 0 Å². The highest BCUT2D eigenvalue weighted by atomic mass is 19.3. The van der Waals surface area contributed by atoms with E-state index in [1.807, 2.05) is 6.92 Å². The first-order valence-electron chi connectivity index (χ1n) is 2.48. The first-order valence-corrected chi connectivity index (χ1v) is 2.48. The van der Waals surface area contributed by atoms with Crippen LogP contribution in [0.4, 0.5) is 8.78 Å². The quantitative estimate of drug-likeness (QED) is 0.443. The molecule has 2 heteroatoms. The summed E-state index contributed by atoms with van der Waals surface area (Å²) in [6, 6.07) is 0. The van der Waals surface area contributed by atoms with E-state index in [4.69, 9.17) is 0 Å². The van der Waals surface area contributed by atoms with Gasteiger partial charge in [0.15, 0.2) is 0 Å². The van der Waals surface area contributed by atoms with Crippen molar-refractivity contribution >= 4 is 0 Å². The molecule has 0 aromatic heterocycles. The van der Waals surface area contributed by atoms with Gasteiger partial charge in [-0.3, -0.25) is 0 Å². The van der Waals surface area contributed by atoms with Gasteiger partial charge in [-0.15, -0.1) is 0 Å². The molecule has 0 spiro atoms. The van der Waals surface area contributed by atoms with Crippen LogP contribution in [-0.2, 0) is 0 Å². The van der Waals surface area contributed by atoms with E-state index in [2.05, 4.69) is 0 Å². The fraction of sp³-hybridized carbons (Fsp3) is 1.00. The number of hydrogen-bond acceptors (Lipinski definition) is 0. The van der Waals surface area contributed by atoms with Gasteiger partial charge in [0, 0.05) is 12.8 Å². The van der Waals surface area contributed by atoms with Crippen molar-refractivity contribution in [1.82, 2.24) is 0 Å². The summed E-state index contributed by atoms with van der Waals surface area (Å²) in [4.78, 5) is 0. The standard InChI is InChI=1S/C5H8F2/c1-4-2-5(6,7)3-4/h4H,2-3H2,1H3. The Labute approximate surface area is 41.5 Å². The lowest BCUT2D eigenvalue weighted by Gasteiger charge is -2.31. The summed E-state index contributed by atoms with van der Waals surface area (Å²) in [5.41, 5.74) is 0. The van der Waals surface area contributed by atoms with E-state index in [9.17, 15) is 8.78 Å². The third-order valence-electron chi connectivity index (χ3n) is 1.29. The molecule has 0 bridgehead atoms. The van der Waals surface area contributed by atoms with E-state index in [1.54, 1.807) is 0 Å². The average molecular weight is 106 g/mol. The van der Waals surface area contributed by atoms with Crippen molar-refractivity contribution < 1.29 is 8.78 Å². The van der Waals surface area contributed by atoms with Gasteiger partial charge in [0.1, 0.15) is 0 Å². The highest BCUT2D eigenvalue weighted by Gasteiger charge is 2.42. The molecule has 1 rings (SSSR count). The molecule has 1 aliphatic rings. The molecule has 0 unspecified atom stereocenters. The zero-order valence-corrected chi connectivity index (χ0v) is 4.25. The molecular weight excluding hydrogens is 98.1 g/mol. The Morgan fingerprint density at radius 2 is 1.86 bits per heavy atom. The summed E-state index contributed by atoms with van der Waals surface area (Å²) in [6.07, 6.45) is 0.208. The van der Waals surface area contributed by atoms with E-state index < -0.39 is 5.92 Å². The fourth-order valence-corrected chi connectivity index (χ4v) is 0.960. The molecule has 0 aromatic carbocycles. The lowest BCUT2D eigenvalue weighted by Crippen LogP contribution is -2.33. The molecule has 0 aliphatic heterocycles. The molecule has 0 atom stereocenters. The molecule has 0 N–H and O–H groups in total. The van der Waals surface area contributed by atoms with Gasteiger partial charge in [0.05, 0.1) is 0 Å². The first-order chi connectivity index (χ1) is 3.10. The van der Waals surface area contributed by atoms with Crippen molar-refractivity contribution in [2.75, 3.05) is 0 Å². The Balaban J connectivity index is 2.29. The van der Waals surface area contributed by atoms with Gasteiger partial charge in [-0.1, -0.05) is 6.92 Å². The summed E-state index contributed by atoms with van der Waals surface area (Å²) >= 11 is 0. The zero-order chi connectivity index (χ0) is 5.49. The Morgan fingerprint density at radius 3 is 1.86 bits per heavy atom. The number of rotatable bonds is 0. The molecule has 0 amide bonds. The molecule has 1 aliphatic carbocycles. The van der Waals surface area contributed by atoms with E-state index in [0.29, 0.717) is 0 Å². The highest BCUT2D eigenvalue weighted by Crippen LogP contribution is 2.41. The minimum Gasteiger partial charge on any atom is -0.207 e. The molecule has 1 saturated carbocycles.